The fraction of sp³-hybridized carbons (Fsp3) is 0.571. The first-order valence-electron chi connectivity index (χ1n) is 6.14. The van der Waals surface area contributed by atoms with E-state index in [9.17, 15) is 0 Å². The minimum absolute atomic E-state index is 0.582. The van der Waals surface area contributed by atoms with Crippen LogP contribution in [0.5, 0.6) is 5.75 Å². The van der Waals surface area contributed by atoms with Crippen LogP contribution in [0.3, 0.4) is 0 Å². The van der Waals surface area contributed by atoms with Crippen LogP contribution in [0.2, 0.25) is 5.32 Å². The molecule has 2 heteroatoms. The Morgan fingerprint density at radius 2 is 1.81 bits per heavy atom. The molecule has 1 nitrogen and oxygen atoms in total. The fourth-order valence-corrected chi connectivity index (χ4v) is 3.80. The fourth-order valence-electron chi connectivity index (χ4n) is 1.63. The van der Waals surface area contributed by atoms with Gasteiger partial charge in [-0.25, -0.2) is 0 Å². The van der Waals surface area contributed by atoms with Gasteiger partial charge in [-0.1, -0.05) is 0 Å². The van der Waals surface area contributed by atoms with E-state index in [1.54, 1.807) is 7.11 Å². The molecule has 0 N–H and O–H groups in total. The van der Waals surface area contributed by atoms with Crippen molar-refractivity contribution < 1.29 is 4.74 Å². The van der Waals surface area contributed by atoms with Crippen molar-refractivity contribution in [1.29, 1.82) is 0 Å². The Morgan fingerprint density at radius 1 is 1.06 bits per heavy atom. The molecule has 0 aliphatic carbocycles. The van der Waals surface area contributed by atoms with Crippen LogP contribution in [0, 0.1) is 0 Å². The summed E-state index contributed by atoms with van der Waals surface area (Å²) in [5.74, 6) is 1.07. The van der Waals surface area contributed by atoms with E-state index in [1.807, 2.05) is 6.07 Å². The van der Waals surface area contributed by atoms with Gasteiger partial charge in [0.05, 0.1) is 0 Å². The van der Waals surface area contributed by atoms with E-state index in [2.05, 4.69) is 25.1 Å². The monoisotopic (exact) mass is 286 g/mol. The van der Waals surface area contributed by atoms with Crippen molar-refractivity contribution in [3.05, 3.63) is 24.3 Å². The number of rotatable bonds is 8. The van der Waals surface area contributed by atoms with Crippen LogP contribution in [-0.4, -0.2) is 22.1 Å². The SMILES string of the molecule is CCCCCCC[Se]c1ccccc1OC. The van der Waals surface area contributed by atoms with Crippen molar-refractivity contribution >= 4 is 19.4 Å². The maximum atomic E-state index is 5.36. The molecule has 1 rings (SSSR count). The second kappa shape index (κ2) is 8.66. The molecule has 16 heavy (non-hydrogen) atoms. The van der Waals surface area contributed by atoms with Crippen molar-refractivity contribution in [2.24, 2.45) is 0 Å². The first-order valence-corrected chi connectivity index (χ1v) is 8.21. The second-order valence-corrected chi connectivity index (χ2v) is 6.30. The average Bonchev–Trinajstić information content (AvgIpc) is 2.34. The number of hydrogen-bond acceptors (Lipinski definition) is 1. The number of methoxy groups -OCH3 is 1. The van der Waals surface area contributed by atoms with Gasteiger partial charge < -0.3 is 0 Å². The summed E-state index contributed by atoms with van der Waals surface area (Å²) in [6.07, 6.45) is 6.89. The molecule has 0 amide bonds. The van der Waals surface area contributed by atoms with Gasteiger partial charge >= 0.3 is 106 Å². The van der Waals surface area contributed by atoms with Gasteiger partial charge in [-0.2, -0.15) is 0 Å². The zero-order valence-electron chi connectivity index (χ0n) is 10.4. The normalized spacial score (nSPS) is 10.4. The summed E-state index contributed by atoms with van der Waals surface area (Å²) in [6.45, 7) is 2.26. The third-order valence-electron chi connectivity index (χ3n) is 2.57. The summed E-state index contributed by atoms with van der Waals surface area (Å²) in [4.78, 5) is 0. The summed E-state index contributed by atoms with van der Waals surface area (Å²) in [5.41, 5.74) is 0. The summed E-state index contributed by atoms with van der Waals surface area (Å²) in [7, 11) is 1.76. The Kier molecular flexibility index (Phi) is 7.37. The Morgan fingerprint density at radius 3 is 2.56 bits per heavy atom. The Labute approximate surface area is 106 Å². The minimum atomic E-state index is 0.582. The summed E-state index contributed by atoms with van der Waals surface area (Å²) in [6, 6.07) is 8.41. The maximum absolute atomic E-state index is 5.36. The van der Waals surface area contributed by atoms with Crippen LogP contribution in [0.15, 0.2) is 24.3 Å². The van der Waals surface area contributed by atoms with Gasteiger partial charge in [0.2, 0.25) is 0 Å². The zero-order valence-corrected chi connectivity index (χ0v) is 12.1. The molecule has 0 bridgehead atoms. The molecule has 90 valence electrons. The van der Waals surface area contributed by atoms with Crippen molar-refractivity contribution in [1.82, 2.24) is 0 Å². The average molecular weight is 285 g/mol. The Bertz CT molecular complexity index is 286. The molecule has 0 heterocycles. The third kappa shape index (κ3) is 5.05. The van der Waals surface area contributed by atoms with E-state index in [0.29, 0.717) is 15.0 Å². The van der Waals surface area contributed by atoms with Crippen LogP contribution in [0.1, 0.15) is 39.0 Å². The van der Waals surface area contributed by atoms with Gasteiger partial charge in [0.1, 0.15) is 0 Å². The van der Waals surface area contributed by atoms with Crippen LogP contribution in [0.25, 0.3) is 0 Å². The van der Waals surface area contributed by atoms with E-state index < -0.39 is 0 Å². The van der Waals surface area contributed by atoms with E-state index >= 15 is 0 Å². The molecule has 0 radical (unpaired) electrons. The standard InChI is InChI=1S/C14H22OSe/c1-3-4-5-6-9-12-16-14-11-8-7-10-13(14)15-2/h7-8,10-11H,3-6,9,12H2,1-2H3. The molecule has 0 saturated heterocycles. The van der Waals surface area contributed by atoms with Gasteiger partial charge in [0.25, 0.3) is 0 Å². The van der Waals surface area contributed by atoms with Gasteiger partial charge in [-0.05, 0) is 0 Å². The van der Waals surface area contributed by atoms with E-state index in [0.717, 1.165) is 5.75 Å². The molecule has 0 spiro atoms. The molecule has 1 aromatic rings. The quantitative estimate of drug-likeness (QED) is 0.525. The van der Waals surface area contributed by atoms with Crippen LogP contribution < -0.4 is 9.20 Å². The van der Waals surface area contributed by atoms with Gasteiger partial charge in [0.15, 0.2) is 0 Å². The van der Waals surface area contributed by atoms with Gasteiger partial charge in [-0.3, -0.25) is 0 Å². The summed E-state index contributed by atoms with van der Waals surface area (Å²) >= 11 is 0.582. The molecule has 0 aliphatic heterocycles. The van der Waals surface area contributed by atoms with Crippen molar-refractivity contribution in [2.45, 2.75) is 44.3 Å². The summed E-state index contributed by atoms with van der Waals surface area (Å²) in [5, 5.41) is 1.34. The predicted octanol–water partition coefficient (Wildman–Crippen LogP) is 3.41. The molecular formula is C14H22OSe. The van der Waals surface area contributed by atoms with E-state index in [4.69, 9.17) is 4.74 Å². The topological polar surface area (TPSA) is 9.23 Å². The van der Waals surface area contributed by atoms with Crippen molar-refractivity contribution in [3.63, 3.8) is 0 Å². The molecule has 0 saturated carbocycles. The van der Waals surface area contributed by atoms with E-state index in [1.165, 1.54) is 41.9 Å². The van der Waals surface area contributed by atoms with Gasteiger partial charge in [-0.15, -0.1) is 0 Å². The van der Waals surface area contributed by atoms with Crippen LogP contribution in [0.4, 0.5) is 0 Å². The van der Waals surface area contributed by atoms with Crippen molar-refractivity contribution in [2.75, 3.05) is 7.11 Å². The zero-order chi connectivity index (χ0) is 11.6. The van der Waals surface area contributed by atoms with Crippen LogP contribution >= 0.6 is 0 Å². The number of benzene rings is 1. The number of hydrogen-bond donors (Lipinski definition) is 0. The number of para-hydroxylation sites is 1. The molecule has 1 aromatic carbocycles. The first kappa shape index (κ1) is 13.6. The molecule has 0 fully saturated rings. The second-order valence-electron chi connectivity index (χ2n) is 3.91. The molecule has 0 aliphatic rings. The van der Waals surface area contributed by atoms with E-state index in [-0.39, 0.29) is 0 Å². The number of unbranched alkanes of at least 4 members (excludes halogenated alkanes) is 4. The Balaban J connectivity index is 2.21. The van der Waals surface area contributed by atoms with Crippen molar-refractivity contribution in [3.8, 4) is 5.75 Å². The van der Waals surface area contributed by atoms with Crippen LogP contribution in [-0.2, 0) is 0 Å². The Hall–Kier alpha value is -0.461. The summed E-state index contributed by atoms with van der Waals surface area (Å²) < 4.78 is 6.77. The number of ether oxygens (including phenoxy) is 1. The molecule has 0 unspecified atom stereocenters. The predicted molar refractivity (Wildman–Crippen MR) is 71.9 cm³/mol. The molecular weight excluding hydrogens is 263 g/mol. The molecule has 0 atom stereocenters. The molecule has 0 aromatic heterocycles. The van der Waals surface area contributed by atoms with Gasteiger partial charge in [0, 0.05) is 0 Å². The first-order chi connectivity index (χ1) is 7.88. The third-order valence-corrected chi connectivity index (χ3v) is 4.97.